The van der Waals surface area contributed by atoms with Gasteiger partial charge >= 0.3 is 0 Å². The van der Waals surface area contributed by atoms with E-state index in [4.69, 9.17) is 5.26 Å². The third kappa shape index (κ3) is 2.73. The predicted octanol–water partition coefficient (Wildman–Crippen LogP) is 2.79. The molecule has 0 bridgehead atoms. The van der Waals surface area contributed by atoms with Gasteiger partial charge in [0.1, 0.15) is 0 Å². The summed E-state index contributed by atoms with van der Waals surface area (Å²) in [6.45, 7) is 0. The lowest BCUT2D eigenvalue weighted by Crippen LogP contribution is -2.16. The number of nitrogens with zero attached hydrogens (tertiary/aromatic N) is 1. The summed E-state index contributed by atoms with van der Waals surface area (Å²) in [6, 6.07) is 9.36. The van der Waals surface area contributed by atoms with E-state index in [-0.39, 0.29) is 4.58 Å². The molecule has 1 aliphatic rings. The maximum absolute atomic E-state index is 10.2. The van der Waals surface area contributed by atoms with Crippen LogP contribution in [0.4, 0.5) is 0 Å². The molecule has 84 valence electrons. The molecule has 2 rings (SSSR count). The van der Waals surface area contributed by atoms with Crippen LogP contribution in [-0.2, 0) is 0 Å². The van der Waals surface area contributed by atoms with Gasteiger partial charge in [-0.05, 0) is 35.6 Å². The molecule has 16 heavy (non-hydrogen) atoms. The minimum atomic E-state index is -0.469. The van der Waals surface area contributed by atoms with Gasteiger partial charge in [0.05, 0.1) is 22.3 Å². The Morgan fingerprint density at radius 2 is 2.12 bits per heavy atom. The van der Waals surface area contributed by atoms with E-state index in [1.165, 1.54) is 6.42 Å². The van der Waals surface area contributed by atoms with Crippen LogP contribution in [0.15, 0.2) is 24.3 Å². The number of benzene rings is 1. The van der Waals surface area contributed by atoms with E-state index < -0.39 is 6.10 Å². The maximum atomic E-state index is 10.2. The molecule has 0 aromatic heterocycles. The second-order valence-corrected chi connectivity index (χ2v) is 6.44. The molecule has 1 aliphatic heterocycles. The summed E-state index contributed by atoms with van der Waals surface area (Å²) in [5.41, 5.74) is 1.47. The van der Waals surface area contributed by atoms with Crippen LogP contribution in [-0.4, -0.2) is 21.2 Å². The Balaban J connectivity index is 2.13. The average Bonchev–Trinajstić information content (AvgIpc) is 2.39. The fourth-order valence-corrected chi connectivity index (χ4v) is 4.55. The van der Waals surface area contributed by atoms with Crippen molar-refractivity contribution < 1.29 is 5.11 Å². The number of aliphatic hydroxyl groups is 1. The molecule has 0 radical (unpaired) electrons. The highest BCUT2D eigenvalue weighted by atomic mass is 32.2. The highest BCUT2D eigenvalue weighted by Crippen LogP contribution is 2.39. The van der Waals surface area contributed by atoms with Crippen LogP contribution < -0.4 is 0 Å². The van der Waals surface area contributed by atoms with Crippen molar-refractivity contribution in [1.29, 1.82) is 5.26 Å². The summed E-state index contributed by atoms with van der Waals surface area (Å²) in [4.78, 5) is 0. The van der Waals surface area contributed by atoms with Crippen LogP contribution in [0.5, 0.6) is 0 Å². The lowest BCUT2D eigenvalue weighted by Gasteiger charge is -2.25. The van der Waals surface area contributed by atoms with Crippen LogP contribution in [0.1, 0.15) is 23.7 Å². The number of hydrogen-bond donors (Lipinski definition) is 1. The van der Waals surface area contributed by atoms with E-state index in [0.29, 0.717) is 5.56 Å². The van der Waals surface area contributed by atoms with Crippen molar-refractivity contribution in [3.8, 4) is 6.07 Å². The van der Waals surface area contributed by atoms with E-state index in [0.717, 1.165) is 17.1 Å². The van der Waals surface area contributed by atoms with Crippen LogP contribution in [0.2, 0.25) is 0 Å². The van der Waals surface area contributed by atoms with E-state index >= 15 is 0 Å². The Labute approximate surface area is 104 Å². The van der Waals surface area contributed by atoms with Crippen molar-refractivity contribution >= 4 is 23.5 Å². The standard InChI is InChI=1S/C12H13NOS2/c13-8-9-3-1-4-10(7-9)11(14)12-15-5-2-6-16-12/h1,3-4,7,11-12,14H,2,5-6H2. The Hall–Kier alpha value is -0.630. The lowest BCUT2D eigenvalue weighted by molar-refractivity contribution is 0.196. The van der Waals surface area contributed by atoms with Crippen molar-refractivity contribution in [2.24, 2.45) is 0 Å². The van der Waals surface area contributed by atoms with Crippen molar-refractivity contribution in [2.75, 3.05) is 11.5 Å². The third-order valence-corrected chi connectivity index (χ3v) is 5.51. The molecule has 4 heteroatoms. The predicted molar refractivity (Wildman–Crippen MR) is 69.4 cm³/mol. The Morgan fingerprint density at radius 3 is 2.81 bits per heavy atom. The SMILES string of the molecule is N#Cc1cccc(C(O)C2SCCCS2)c1. The zero-order valence-corrected chi connectivity index (χ0v) is 10.4. The normalized spacial score (nSPS) is 19.0. The molecular weight excluding hydrogens is 238 g/mol. The zero-order chi connectivity index (χ0) is 11.4. The smallest absolute Gasteiger partial charge is 0.1000 e. The minimum absolute atomic E-state index is 0.211. The summed E-state index contributed by atoms with van der Waals surface area (Å²) in [7, 11) is 0. The van der Waals surface area contributed by atoms with Gasteiger partial charge in [-0.2, -0.15) is 5.26 Å². The van der Waals surface area contributed by atoms with Gasteiger partial charge < -0.3 is 5.11 Å². The van der Waals surface area contributed by atoms with Gasteiger partial charge in [0.2, 0.25) is 0 Å². The monoisotopic (exact) mass is 251 g/mol. The van der Waals surface area contributed by atoms with Gasteiger partial charge in [-0.3, -0.25) is 0 Å². The Morgan fingerprint density at radius 1 is 1.38 bits per heavy atom. The molecule has 1 fully saturated rings. The van der Waals surface area contributed by atoms with Gasteiger partial charge in [0.25, 0.3) is 0 Å². The van der Waals surface area contributed by atoms with Gasteiger partial charge in [0.15, 0.2) is 0 Å². The number of aliphatic hydroxyl groups excluding tert-OH is 1. The second kappa shape index (κ2) is 5.62. The molecule has 1 unspecified atom stereocenters. The highest BCUT2D eigenvalue weighted by molar-refractivity contribution is 8.17. The van der Waals surface area contributed by atoms with E-state index in [1.54, 1.807) is 12.1 Å². The molecule has 1 N–H and O–H groups in total. The van der Waals surface area contributed by atoms with Crippen molar-refractivity contribution in [3.05, 3.63) is 35.4 Å². The van der Waals surface area contributed by atoms with Crippen LogP contribution in [0.25, 0.3) is 0 Å². The number of nitriles is 1. The number of thioether (sulfide) groups is 2. The molecule has 0 aliphatic carbocycles. The van der Waals surface area contributed by atoms with Gasteiger partial charge in [-0.1, -0.05) is 12.1 Å². The fraction of sp³-hybridized carbons (Fsp3) is 0.417. The first-order chi connectivity index (χ1) is 7.81. The molecule has 0 saturated carbocycles. The highest BCUT2D eigenvalue weighted by Gasteiger charge is 2.24. The molecule has 1 saturated heterocycles. The molecule has 0 amide bonds. The first kappa shape index (κ1) is 11.8. The van der Waals surface area contributed by atoms with Crippen molar-refractivity contribution in [2.45, 2.75) is 17.1 Å². The third-order valence-electron chi connectivity index (χ3n) is 2.47. The summed E-state index contributed by atoms with van der Waals surface area (Å²) >= 11 is 3.62. The van der Waals surface area contributed by atoms with Gasteiger partial charge in [0, 0.05) is 0 Å². The van der Waals surface area contributed by atoms with Crippen LogP contribution >= 0.6 is 23.5 Å². The summed E-state index contributed by atoms with van der Waals surface area (Å²) in [6.07, 6.45) is 0.750. The van der Waals surface area contributed by atoms with Crippen LogP contribution in [0, 0.1) is 11.3 Å². The van der Waals surface area contributed by atoms with E-state index in [9.17, 15) is 5.11 Å². The number of hydrogen-bond acceptors (Lipinski definition) is 4. The zero-order valence-electron chi connectivity index (χ0n) is 8.80. The first-order valence-electron chi connectivity index (χ1n) is 5.22. The topological polar surface area (TPSA) is 44.0 Å². The van der Waals surface area contributed by atoms with Crippen LogP contribution in [0.3, 0.4) is 0 Å². The first-order valence-corrected chi connectivity index (χ1v) is 7.32. The fourth-order valence-electron chi connectivity index (χ4n) is 1.64. The molecule has 1 atom stereocenters. The van der Waals surface area contributed by atoms with Crippen molar-refractivity contribution in [1.82, 2.24) is 0 Å². The summed E-state index contributed by atoms with van der Waals surface area (Å²) in [5, 5.41) is 19.0. The Bertz CT molecular complexity index is 396. The summed E-state index contributed by atoms with van der Waals surface area (Å²) in [5.74, 6) is 2.24. The minimum Gasteiger partial charge on any atom is -0.386 e. The molecule has 1 aromatic carbocycles. The average molecular weight is 251 g/mol. The van der Waals surface area contributed by atoms with Gasteiger partial charge in [-0.15, -0.1) is 23.5 Å². The molecule has 0 spiro atoms. The molecular formula is C12H13NOS2. The molecule has 1 aromatic rings. The second-order valence-electron chi connectivity index (χ2n) is 3.65. The lowest BCUT2D eigenvalue weighted by atomic mass is 10.1. The van der Waals surface area contributed by atoms with E-state index in [2.05, 4.69) is 6.07 Å². The number of rotatable bonds is 2. The quantitative estimate of drug-likeness (QED) is 0.878. The Kier molecular flexibility index (Phi) is 4.16. The molecule has 2 nitrogen and oxygen atoms in total. The summed E-state index contributed by atoms with van der Waals surface area (Å²) < 4.78 is 0.211. The molecule has 1 heterocycles. The maximum Gasteiger partial charge on any atom is 0.1000 e. The van der Waals surface area contributed by atoms with E-state index in [1.807, 2.05) is 35.7 Å². The largest absolute Gasteiger partial charge is 0.386 e. The van der Waals surface area contributed by atoms with Crippen molar-refractivity contribution in [3.63, 3.8) is 0 Å². The van der Waals surface area contributed by atoms with Gasteiger partial charge in [-0.25, -0.2) is 0 Å².